The van der Waals surface area contributed by atoms with Crippen molar-refractivity contribution in [1.82, 2.24) is 0 Å². The van der Waals surface area contributed by atoms with E-state index in [1.807, 2.05) is 35.7 Å². The minimum Gasteiger partial charge on any atom is -0.317 e. The summed E-state index contributed by atoms with van der Waals surface area (Å²) in [5, 5.41) is 1.94. The van der Waals surface area contributed by atoms with Gasteiger partial charge in [0.25, 0.3) is 0 Å². The smallest absolute Gasteiger partial charge is 0.184 e. The van der Waals surface area contributed by atoms with Crippen molar-refractivity contribution >= 4 is 17.1 Å². The molecule has 1 heterocycles. The molecule has 2 N–H and O–H groups in total. The highest BCUT2D eigenvalue weighted by molar-refractivity contribution is 7.10. The molecule has 0 radical (unpaired) electrons. The Morgan fingerprint density at radius 2 is 2.05 bits per heavy atom. The standard InChI is InChI=1S/C16H19NOS/c1-11(2)9-12-5-3-6-13(10-12)16(18)15(17)14-7-4-8-19-14/h3-8,10-11,15H,9,17H2,1-2H3. The highest BCUT2D eigenvalue weighted by Gasteiger charge is 2.18. The summed E-state index contributed by atoms with van der Waals surface area (Å²) < 4.78 is 0. The Balaban J connectivity index is 2.19. The third kappa shape index (κ3) is 3.52. The predicted molar refractivity (Wildman–Crippen MR) is 80.6 cm³/mol. The van der Waals surface area contributed by atoms with Gasteiger partial charge in [-0.25, -0.2) is 0 Å². The molecule has 2 nitrogen and oxygen atoms in total. The summed E-state index contributed by atoms with van der Waals surface area (Å²) in [7, 11) is 0. The van der Waals surface area contributed by atoms with Gasteiger partial charge in [0, 0.05) is 10.4 Å². The summed E-state index contributed by atoms with van der Waals surface area (Å²) >= 11 is 1.52. The van der Waals surface area contributed by atoms with Gasteiger partial charge >= 0.3 is 0 Å². The summed E-state index contributed by atoms with van der Waals surface area (Å²) in [6, 6.07) is 11.1. The summed E-state index contributed by atoms with van der Waals surface area (Å²) in [6.07, 6.45) is 0.982. The summed E-state index contributed by atoms with van der Waals surface area (Å²) in [6.45, 7) is 4.34. The zero-order valence-corrected chi connectivity index (χ0v) is 12.1. The quantitative estimate of drug-likeness (QED) is 0.841. The number of hydrogen-bond acceptors (Lipinski definition) is 3. The van der Waals surface area contributed by atoms with Crippen molar-refractivity contribution in [2.75, 3.05) is 0 Å². The second kappa shape index (κ2) is 6.13. The van der Waals surface area contributed by atoms with E-state index in [4.69, 9.17) is 5.73 Å². The molecule has 0 fully saturated rings. The molecule has 0 saturated heterocycles. The van der Waals surface area contributed by atoms with Crippen LogP contribution < -0.4 is 5.73 Å². The van der Waals surface area contributed by atoms with Gasteiger partial charge in [-0.1, -0.05) is 38.1 Å². The van der Waals surface area contributed by atoms with Gasteiger partial charge in [0.2, 0.25) is 0 Å². The number of Topliss-reactive ketones (excluding diaryl/α,β-unsaturated/α-hetero) is 1. The van der Waals surface area contributed by atoms with Crippen LogP contribution in [0.15, 0.2) is 41.8 Å². The Morgan fingerprint density at radius 1 is 1.26 bits per heavy atom. The first-order valence-electron chi connectivity index (χ1n) is 6.50. The Kier molecular flexibility index (Phi) is 4.51. The number of ketones is 1. The largest absolute Gasteiger partial charge is 0.317 e. The minimum absolute atomic E-state index is 0.00643. The lowest BCUT2D eigenvalue weighted by molar-refractivity contribution is 0.0962. The Morgan fingerprint density at radius 3 is 2.68 bits per heavy atom. The van der Waals surface area contributed by atoms with Crippen LogP contribution in [0.4, 0.5) is 0 Å². The van der Waals surface area contributed by atoms with E-state index in [0.717, 1.165) is 11.3 Å². The van der Waals surface area contributed by atoms with Crippen molar-refractivity contribution in [3.63, 3.8) is 0 Å². The van der Waals surface area contributed by atoms with Gasteiger partial charge in [0.05, 0.1) is 0 Å². The van der Waals surface area contributed by atoms with Crippen LogP contribution in [0.5, 0.6) is 0 Å². The third-order valence-corrected chi connectivity index (χ3v) is 3.94. The minimum atomic E-state index is -0.547. The van der Waals surface area contributed by atoms with Gasteiger partial charge in [-0.2, -0.15) is 0 Å². The van der Waals surface area contributed by atoms with Gasteiger partial charge in [-0.15, -0.1) is 11.3 Å². The van der Waals surface area contributed by atoms with E-state index >= 15 is 0 Å². The van der Waals surface area contributed by atoms with E-state index in [-0.39, 0.29) is 5.78 Å². The average Bonchev–Trinajstić information content (AvgIpc) is 2.90. The molecule has 2 rings (SSSR count). The number of carbonyl (C=O) groups excluding carboxylic acids is 1. The van der Waals surface area contributed by atoms with Gasteiger partial charge in [-0.05, 0) is 35.4 Å². The molecule has 1 aromatic heterocycles. The molecule has 100 valence electrons. The molecule has 3 heteroatoms. The Labute approximate surface area is 118 Å². The first-order valence-corrected chi connectivity index (χ1v) is 7.38. The molecule has 0 amide bonds. The summed E-state index contributed by atoms with van der Waals surface area (Å²) in [4.78, 5) is 13.3. The summed E-state index contributed by atoms with van der Waals surface area (Å²) in [5.41, 5.74) is 7.93. The number of benzene rings is 1. The number of nitrogens with two attached hydrogens (primary N) is 1. The molecule has 0 aliphatic heterocycles. The molecule has 0 spiro atoms. The van der Waals surface area contributed by atoms with Crippen LogP contribution in [0.2, 0.25) is 0 Å². The van der Waals surface area contributed by atoms with E-state index in [2.05, 4.69) is 19.9 Å². The molecule has 1 unspecified atom stereocenters. The first-order chi connectivity index (χ1) is 9.08. The van der Waals surface area contributed by atoms with Crippen molar-refractivity contribution < 1.29 is 4.79 Å². The lowest BCUT2D eigenvalue weighted by Gasteiger charge is -2.11. The molecule has 0 aliphatic rings. The van der Waals surface area contributed by atoms with Crippen molar-refractivity contribution in [3.05, 3.63) is 57.8 Å². The monoisotopic (exact) mass is 273 g/mol. The van der Waals surface area contributed by atoms with E-state index in [1.54, 1.807) is 0 Å². The van der Waals surface area contributed by atoms with Crippen LogP contribution in [0.25, 0.3) is 0 Å². The second-order valence-electron chi connectivity index (χ2n) is 5.16. The van der Waals surface area contributed by atoms with E-state index in [1.165, 1.54) is 16.9 Å². The van der Waals surface area contributed by atoms with E-state index in [9.17, 15) is 4.79 Å². The van der Waals surface area contributed by atoms with Crippen LogP contribution in [0.3, 0.4) is 0 Å². The molecule has 1 aromatic carbocycles. The molecule has 0 aliphatic carbocycles. The van der Waals surface area contributed by atoms with Gasteiger partial charge < -0.3 is 5.73 Å². The zero-order chi connectivity index (χ0) is 13.8. The Bertz CT molecular complexity index is 546. The van der Waals surface area contributed by atoms with Crippen LogP contribution in [-0.2, 0) is 6.42 Å². The van der Waals surface area contributed by atoms with Crippen molar-refractivity contribution in [2.45, 2.75) is 26.3 Å². The molecule has 0 bridgehead atoms. The van der Waals surface area contributed by atoms with Crippen molar-refractivity contribution in [3.8, 4) is 0 Å². The van der Waals surface area contributed by atoms with E-state index < -0.39 is 6.04 Å². The maximum Gasteiger partial charge on any atom is 0.184 e. The molecular weight excluding hydrogens is 254 g/mol. The normalized spacial score (nSPS) is 12.6. The SMILES string of the molecule is CC(C)Cc1cccc(C(=O)C(N)c2cccs2)c1. The second-order valence-corrected chi connectivity index (χ2v) is 6.13. The van der Waals surface area contributed by atoms with Crippen LogP contribution in [-0.4, -0.2) is 5.78 Å². The van der Waals surface area contributed by atoms with Crippen LogP contribution in [0, 0.1) is 5.92 Å². The number of thiophene rings is 1. The lowest BCUT2D eigenvalue weighted by atomic mass is 9.97. The molecule has 1 atom stereocenters. The van der Waals surface area contributed by atoms with Gasteiger partial charge in [-0.3, -0.25) is 4.79 Å². The molecule has 19 heavy (non-hydrogen) atoms. The topological polar surface area (TPSA) is 43.1 Å². The molecular formula is C16H19NOS. The highest BCUT2D eigenvalue weighted by Crippen LogP contribution is 2.21. The molecule has 2 aromatic rings. The number of hydrogen-bond donors (Lipinski definition) is 1. The first kappa shape index (κ1) is 14.0. The number of carbonyl (C=O) groups is 1. The zero-order valence-electron chi connectivity index (χ0n) is 11.3. The maximum atomic E-state index is 12.4. The number of rotatable bonds is 5. The fourth-order valence-electron chi connectivity index (χ4n) is 2.10. The fraction of sp³-hybridized carbons (Fsp3) is 0.312. The average molecular weight is 273 g/mol. The Hall–Kier alpha value is -1.45. The van der Waals surface area contributed by atoms with Crippen molar-refractivity contribution in [1.29, 1.82) is 0 Å². The molecule has 0 saturated carbocycles. The fourth-order valence-corrected chi connectivity index (χ4v) is 2.83. The van der Waals surface area contributed by atoms with E-state index in [0.29, 0.717) is 11.5 Å². The van der Waals surface area contributed by atoms with Gasteiger partial charge in [0.1, 0.15) is 6.04 Å². The highest BCUT2D eigenvalue weighted by atomic mass is 32.1. The maximum absolute atomic E-state index is 12.4. The van der Waals surface area contributed by atoms with Crippen molar-refractivity contribution in [2.24, 2.45) is 11.7 Å². The van der Waals surface area contributed by atoms with Gasteiger partial charge in [0.15, 0.2) is 5.78 Å². The van der Waals surface area contributed by atoms with Crippen LogP contribution in [0.1, 0.15) is 40.7 Å². The third-order valence-electron chi connectivity index (χ3n) is 2.99. The van der Waals surface area contributed by atoms with Crippen LogP contribution >= 0.6 is 11.3 Å². The summed E-state index contributed by atoms with van der Waals surface area (Å²) in [5.74, 6) is 0.573. The lowest BCUT2D eigenvalue weighted by Crippen LogP contribution is -2.20. The predicted octanol–water partition coefficient (Wildman–Crippen LogP) is 3.83.